The molecule has 2 rings (SSSR count). The number of allylic oxidation sites excluding steroid dienone is 1. The standard InChI is InChI=1S/C12H13N3O/c13-12(16)11-7-4-8-15(14-11)9-10-5-2-1-3-6-10/h1-6,8H,7,9H2,(H2,13,16). The van der Waals surface area contributed by atoms with Gasteiger partial charge >= 0.3 is 0 Å². The zero-order valence-electron chi connectivity index (χ0n) is 8.84. The second kappa shape index (κ2) is 4.61. The Balaban J connectivity index is 2.08. The maximum Gasteiger partial charge on any atom is 0.265 e. The van der Waals surface area contributed by atoms with Gasteiger partial charge in [-0.05, 0) is 5.56 Å². The summed E-state index contributed by atoms with van der Waals surface area (Å²) < 4.78 is 0. The quantitative estimate of drug-likeness (QED) is 0.824. The summed E-state index contributed by atoms with van der Waals surface area (Å²) in [6, 6.07) is 9.95. The van der Waals surface area contributed by atoms with E-state index in [1.54, 1.807) is 5.01 Å². The third-order valence-electron chi connectivity index (χ3n) is 2.31. The summed E-state index contributed by atoms with van der Waals surface area (Å²) in [5, 5.41) is 5.89. The molecule has 4 heteroatoms. The molecule has 82 valence electrons. The number of carbonyl (C=O) groups excluding carboxylic acids is 1. The Kier molecular flexibility index (Phi) is 3.00. The van der Waals surface area contributed by atoms with Crippen LogP contribution in [0.1, 0.15) is 12.0 Å². The average molecular weight is 215 g/mol. The van der Waals surface area contributed by atoms with Crippen molar-refractivity contribution in [3.05, 3.63) is 48.2 Å². The fourth-order valence-corrected chi connectivity index (χ4v) is 1.52. The van der Waals surface area contributed by atoms with Gasteiger partial charge in [0.1, 0.15) is 5.71 Å². The van der Waals surface area contributed by atoms with Gasteiger partial charge in [-0.3, -0.25) is 9.80 Å². The Morgan fingerprint density at radius 1 is 1.38 bits per heavy atom. The van der Waals surface area contributed by atoms with Crippen molar-refractivity contribution >= 4 is 11.6 Å². The van der Waals surface area contributed by atoms with Crippen LogP contribution in [0.5, 0.6) is 0 Å². The van der Waals surface area contributed by atoms with Crippen molar-refractivity contribution in [1.82, 2.24) is 5.01 Å². The zero-order chi connectivity index (χ0) is 11.4. The Morgan fingerprint density at radius 3 is 2.81 bits per heavy atom. The van der Waals surface area contributed by atoms with Gasteiger partial charge in [0, 0.05) is 12.6 Å². The fraction of sp³-hybridized carbons (Fsp3) is 0.167. The second-order valence-electron chi connectivity index (χ2n) is 3.58. The molecule has 0 spiro atoms. The van der Waals surface area contributed by atoms with Gasteiger partial charge in [-0.2, -0.15) is 5.10 Å². The number of nitrogens with zero attached hydrogens (tertiary/aromatic N) is 2. The molecule has 1 aliphatic rings. The Hall–Kier alpha value is -2.10. The van der Waals surface area contributed by atoms with Gasteiger partial charge in [0.05, 0.1) is 6.54 Å². The highest BCUT2D eigenvalue weighted by Crippen LogP contribution is 2.10. The van der Waals surface area contributed by atoms with E-state index in [-0.39, 0.29) is 0 Å². The smallest absolute Gasteiger partial charge is 0.265 e. The minimum Gasteiger partial charge on any atom is -0.364 e. The SMILES string of the molecule is NC(=O)C1=NN(Cc2ccccc2)C=CC1. The topological polar surface area (TPSA) is 58.7 Å². The van der Waals surface area contributed by atoms with Gasteiger partial charge in [0.2, 0.25) is 0 Å². The van der Waals surface area contributed by atoms with E-state index < -0.39 is 5.91 Å². The van der Waals surface area contributed by atoms with Crippen LogP contribution >= 0.6 is 0 Å². The summed E-state index contributed by atoms with van der Waals surface area (Å²) in [4.78, 5) is 11.0. The van der Waals surface area contributed by atoms with Crippen LogP contribution < -0.4 is 5.73 Å². The largest absolute Gasteiger partial charge is 0.364 e. The molecule has 1 amide bonds. The normalized spacial score (nSPS) is 14.8. The van der Waals surface area contributed by atoms with Crippen LogP contribution in [0.4, 0.5) is 0 Å². The molecule has 0 saturated heterocycles. The predicted octanol–water partition coefficient (Wildman–Crippen LogP) is 1.25. The van der Waals surface area contributed by atoms with E-state index in [1.165, 1.54) is 0 Å². The van der Waals surface area contributed by atoms with E-state index in [0.717, 1.165) is 5.56 Å². The molecule has 1 aliphatic heterocycles. The molecule has 0 aromatic heterocycles. The average Bonchev–Trinajstić information content (AvgIpc) is 2.30. The predicted molar refractivity (Wildman–Crippen MR) is 62.4 cm³/mol. The Morgan fingerprint density at radius 2 is 2.12 bits per heavy atom. The summed E-state index contributed by atoms with van der Waals surface area (Å²) in [6.45, 7) is 0.647. The molecule has 0 bridgehead atoms. The number of nitrogens with two attached hydrogens (primary N) is 1. The summed E-state index contributed by atoms with van der Waals surface area (Å²) in [5.74, 6) is -0.456. The number of benzene rings is 1. The van der Waals surface area contributed by atoms with Crippen molar-refractivity contribution in [2.45, 2.75) is 13.0 Å². The van der Waals surface area contributed by atoms with Crippen LogP contribution in [0.15, 0.2) is 47.7 Å². The molecule has 0 radical (unpaired) electrons. The lowest BCUT2D eigenvalue weighted by Gasteiger charge is -2.18. The third kappa shape index (κ3) is 2.48. The van der Waals surface area contributed by atoms with Crippen molar-refractivity contribution < 1.29 is 4.79 Å². The van der Waals surface area contributed by atoms with Crippen LogP contribution in [0, 0.1) is 0 Å². The summed E-state index contributed by atoms with van der Waals surface area (Å²) in [7, 11) is 0. The lowest BCUT2D eigenvalue weighted by molar-refractivity contribution is -0.112. The van der Waals surface area contributed by atoms with Crippen molar-refractivity contribution in [3.63, 3.8) is 0 Å². The van der Waals surface area contributed by atoms with Crippen LogP contribution in [0.3, 0.4) is 0 Å². The van der Waals surface area contributed by atoms with Gasteiger partial charge in [-0.15, -0.1) is 0 Å². The zero-order valence-corrected chi connectivity index (χ0v) is 8.84. The Bertz CT molecular complexity index is 437. The van der Waals surface area contributed by atoms with Crippen molar-refractivity contribution in [3.8, 4) is 0 Å². The molecule has 0 saturated carbocycles. The van der Waals surface area contributed by atoms with Gasteiger partial charge in [0.15, 0.2) is 0 Å². The van der Waals surface area contributed by atoms with E-state index in [1.807, 2.05) is 42.6 Å². The molecule has 16 heavy (non-hydrogen) atoms. The highest BCUT2D eigenvalue weighted by Gasteiger charge is 2.11. The highest BCUT2D eigenvalue weighted by atomic mass is 16.1. The molecule has 1 heterocycles. The number of primary amides is 1. The number of hydrogen-bond acceptors (Lipinski definition) is 3. The van der Waals surface area contributed by atoms with Gasteiger partial charge in [0.25, 0.3) is 5.91 Å². The van der Waals surface area contributed by atoms with E-state index in [4.69, 9.17) is 5.73 Å². The Labute approximate surface area is 94.1 Å². The maximum atomic E-state index is 11.0. The first-order valence-corrected chi connectivity index (χ1v) is 5.10. The minimum atomic E-state index is -0.456. The molecule has 1 aromatic rings. The summed E-state index contributed by atoms with van der Waals surface area (Å²) in [5.41, 5.74) is 6.73. The lowest BCUT2D eigenvalue weighted by atomic mass is 10.2. The number of amides is 1. The molecule has 1 aromatic carbocycles. The second-order valence-corrected chi connectivity index (χ2v) is 3.58. The molecular weight excluding hydrogens is 202 g/mol. The first kappa shape index (κ1) is 10.4. The first-order chi connectivity index (χ1) is 7.75. The van der Waals surface area contributed by atoms with E-state index in [2.05, 4.69) is 5.10 Å². The molecule has 0 fully saturated rings. The van der Waals surface area contributed by atoms with Gasteiger partial charge in [-0.1, -0.05) is 36.4 Å². The molecular formula is C12H13N3O. The number of carbonyl (C=O) groups is 1. The third-order valence-corrected chi connectivity index (χ3v) is 2.31. The minimum absolute atomic E-state index is 0.401. The first-order valence-electron chi connectivity index (χ1n) is 5.10. The van der Waals surface area contributed by atoms with Crippen LogP contribution in [0.2, 0.25) is 0 Å². The maximum absolute atomic E-state index is 11.0. The van der Waals surface area contributed by atoms with Crippen LogP contribution in [-0.2, 0) is 11.3 Å². The monoisotopic (exact) mass is 215 g/mol. The number of hydrazone groups is 1. The molecule has 0 unspecified atom stereocenters. The molecule has 0 aliphatic carbocycles. The van der Waals surface area contributed by atoms with E-state index >= 15 is 0 Å². The van der Waals surface area contributed by atoms with Crippen LogP contribution in [-0.4, -0.2) is 16.6 Å². The highest BCUT2D eigenvalue weighted by molar-refractivity contribution is 6.38. The molecule has 4 nitrogen and oxygen atoms in total. The van der Waals surface area contributed by atoms with Crippen LogP contribution in [0.25, 0.3) is 0 Å². The fourth-order valence-electron chi connectivity index (χ4n) is 1.52. The summed E-state index contributed by atoms with van der Waals surface area (Å²) in [6.07, 6.45) is 4.26. The van der Waals surface area contributed by atoms with Crippen molar-refractivity contribution in [2.75, 3.05) is 0 Å². The molecule has 0 atom stereocenters. The summed E-state index contributed by atoms with van der Waals surface area (Å²) >= 11 is 0. The van der Waals surface area contributed by atoms with Crippen molar-refractivity contribution in [1.29, 1.82) is 0 Å². The van der Waals surface area contributed by atoms with E-state index in [9.17, 15) is 4.79 Å². The van der Waals surface area contributed by atoms with Gasteiger partial charge < -0.3 is 5.73 Å². The van der Waals surface area contributed by atoms with Crippen molar-refractivity contribution in [2.24, 2.45) is 10.8 Å². The van der Waals surface area contributed by atoms with Gasteiger partial charge in [-0.25, -0.2) is 0 Å². The van der Waals surface area contributed by atoms with E-state index in [0.29, 0.717) is 18.7 Å². The number of rotatable bonds is 3. The number of hydrogen-bond donors (Lipinski definition) is 1. The molecule has 2 N–H and O–H groups in total. The lowest BCUT2D eigenvalue weighted by Crippen LogP contribution is -2.28.